The van der Waals surface area contributed by atoms with Crippen LogP contribution < -0.4 is 0 Å². The van der Waals surface area contributed by atoms with Crippen molar-refractivity contribution in [1.82, 2.24) is 0 Å². The van der Waals surface area contributed by atoms with E-state index < -0.39 is 149 Å². The second kappa shape index (κ2) is 20.9. The average molecular weight is 1030 g/mol. The van der Waals surface area contributed by atoms with E-state index in [2.05, 4.69) is 33.8 Å². The lowest BCUT2D eigenvalue weighted by Gasteiger charge is -2.57. The number of aliphatic hydroxyl groups excluding tert-OH is 12. The van der Waals surface area contributed by atoms with Gasteiger partial charge in [-0.1, -0.05) is 39.3 Å². The number of rotatable bonds is 11. The van der Waals surface area contributed by atoms with Crippen LogP contribution in [0.2, 0.25) is 0 Å². The summed E-state index contributed by atoms with van der Waals surface area (Å²) in [6.45, 7) is 7.25. The SMILES string of the molecule is C[C@H]1CC[C@@]2(OC1)O[C@H]1C[C@H]3[C@@H]4CC[C@H]5C[C@@H](O[C@@H]6O[C@H](CO)[C@H](O[C@@H]7O[C@H](CO)[C@@H](O)[C@H](O[C@@H]8OC[C@@H](O)[C@H](O)[C@H]8O)[C@H]7O[C@@H]7O[C@H](CO)[C@@H](O)[C@H](O)[C@H]7O)[C@H](O)[C@H]6O)CC[C@]5(C)C4=CC[C@]3(C)[C@H]1[C@@H]2C. The fourth-order valence-electron chi connectivity index (χ4n) is 15.1. The van der Waals surface area contributed by atoms with Gasteiger partial charge in [-0.2, -0.15) is 0 Å². The van der Waals surface area contributed by atoms with Crippen molar-refractivity contribution in [3.8, 4) is 0 Å². The van der Waals surface area contributed by atoms with Gasteiger partial charge in [-0.05, 0) is 91.8 Å². The van der Waals surface area contributed by atoms with E-state index in [4.69, 9.17) is 47.4 Å². The maximum atomic E-state index is 11.8. The zero-order valence-corrected chi connectivity index (χ0v) is 41.5. The zero-order chi connectivity index (χ0) is 51.3. The number of fused-ring (bicyclic) bond motifs is 7. The van der Waals surface area contributed by atoms with Gasteiger partial charge in [-0.25, -0.2) is 0 Å². The molecule has 412 valence electrons. The van der Waals surface area contributed by atoms with Gasteiger partial charge in [0, 0.05) is 12.3 Å². The highest BCUT2D eigenvalue weighted by Crippen LogP contribution is 2.70. The molecule has 12 N–H and O–H groups in total. The molecule has 22 nitrogen and oxygen atoms in total. The third-order valence-electron chi connectivity index (χ3n) is 19.4. The van der Waals surface area contributed by atoms with Gasteiger partial charge in [0.05, 0.1) is 45.2 Å². The summed E-state index contributed by atoms with van der Waals surface area (Å²) in [6, 6.07) is 0. The highest BCUT2D eigenvalue weighted by Gasteiger charge is 2.68. The van der Waals surface area contributed by atoms with Crippen molar-refractivity contribution in [3.05, 3.63) is 11.6 Å². The summed E-state index contributed by atoms with van der Waals surface area (Å²) in [5, 5.41) is 129. The smallest absolute Gasteiger partial charge is 0.187 e. The first kappa shape index (κ1) is 54.2. The zero-order valence-electron chi connectivity index (χ0n) is 41.5. The molecule has 0 aromatic carbocycles. The second-order valence-electron chi connectivity index (χ2n) is 23.5. The first-order chi connectivity index (χ1) is 34.3. The van der Waals surface area contributed by atoms with E-state index in [1.807, 2.05) is 0 Å². The number of ether oxygens (including phenoxy) is 10. The molecule has 0 amide bonds. The highest BCUT2D eigenvalue weighted by atomic mass is 16.8. The molecular formula is C50H80O22. The van der Waals surface area contributed by atoms with Crippen molar-refractivity contribution < 1.29 is 109 Å². The predicted molar refractivity (Wildman–Crippen MR) is 242 cm³/mol. The van der Waals surface area contributed by atoms with Crippen molar-refractivity contribution in [2.45, 2.75) is 220 Å². The third kappa shape index (κ3) is 9.18. The molecule has 6 heterocycles. The number of aliphatic hydroxyl groups is 12. The molecule has 0 unspecified atom stereocenters. The predicted octanol–water partition coefficient (Wildman–Crippen LogP) is -2.35. The van der Waals surface area contributed by atoms with Crippen LogP contribution in [-0.4, -0.2) is 229 Å². The van der Waals surface area contributed by atoms with E-state index in [9.17, 15) is 61.3 Å². The molecule has 30 atom stereocenters. The van der Waals surface area contributed by atoms with E-state index in [1.54, 1.807) is 5.57 Å². The molecule has 22 heteroatoms. The van der Waals surface area contributed by atoms with Crippen LogP contribution >= 0.6 is 0 Å². The van der Waals surface area contributed by atoms with Crippen LogP contribution in [-0.2, 0) is 47.4 Å². The summed E-state index contributed by atoms with van der Waals surface area (Å²) in [6.07, 6.45) is -22.1. The Hall–Kier alpha value is -1.14. The molecule has 6 saturated heterocycles. The monoisotopic (exact) mass is 1030 g/mol. The van der Waals surface area contributed by atoms with Gasteiger partial charge < -0.3 is 109 Å². The molecule has 4 aliphatic carbocycles. The molecule has 9 fully saturated rings. The molecule has 0 radical (unpaired) electrons. The maximum absolute atomic E-state index is 11.8. The van der Waals surface area contributed by atoms with Crippen molar-refractivity contribution >= 4 is 0 Å². The van der Waals surface area contributed by atoms with Crippen LogP contribution in [0.25, 0.3) is 0 Å². The van der Waals surface area contributed by atoms with E-state index >= 15 is 0 Å². The molecule has 10 rings (SSSR count). The summed E-state index contributed by atoms with van der Waals surface area (Å²) in [5.41, 5.74) is 1.63. The Morgan fingerprint density at radius 1 is 0.597 bits per heavy atom. The Bertz CT molecular complexity index is 1890. The molecule has 6 aliphatic heterocycles. The fraction of sp³-hybridized carbons (Fsp3) is 0.960. The van der Waals surface area contributed by atoms with Gasteiger partial charge in [0.15, 0.2) is 30.9 Å². The minimum atomic E-state index is -2.00. The minimum absolute atomic E-state index is 0.0473. The topological polar surface area (TPSA) is 335 Å². The van der Waals surface area contributed by atoms with Crippen molar-refractivity contribution in [1.29, 1.82) is 0 Å². The van der Waals surface area contributed by atoms with Crippen LogP contribution in [0.15, 0.2) is 11.6 Å². The van der Waals surface area contributed by atoms with Crippen LogP contribution in [0.3, 0.4) is 0 Å². The highest BCUT2D eigenvalue weighted by molar-refractivity contribution is 5.30. The Labute approximate surface area is 419 Å². The summed E-state index contributed by atoms with van der Waals surface area (Å²) in [7, 11) is 0. The molecule has 72 heavy (non-hydrogen) atoms. The maximum Gasteiger partial charge on any atom is 0.187 e. The Morgan fingerprint density at radius 3 is 1.94 bits per heavy atom. The van der Waals surface area contributed by atoms with Gasteiger partial charge in [-0.3, -0.25) is 0 Å². The van der Waals surface area contributed by atoms with E-state index in [1.165, 1.54) is 0 Å². The first-order valence-electron chi connectivity index (χ1n) is 26.4. The summed E-state index contributed by atoms with van der Waals surface area (Å²) < 4.78 is 61.3. The van der Waals surface area contributed by atoms with Crippen molar-refractivity contribution in [2.24, 2.45) is 46.3 Å². The lowest BCUT2D eigenvalue weighted by molar-refractivity contribution is -0.404. The molecule has 0 aromatic heterocycles. The fourth-order valence-corrected chi connectivity index (χ4v) is 15.1. The summed E-state index contributed by atoms with van der Waals surface area (Å²) >= 11 is 0. The van der Waals surface area contributed by atoms with Crippen LogP contribution in [0.5, 0.6) is 0 Å². The number of allylic oxidation sites excluding steroid dienone is 2. The Morgan fingerprint density at radius 2 is 1.24 bits per heavy atom. The van der Waals surface area contributed by atoms with Crippen LogP contribution in [0.1, 0.15) is 85.5 Å². The second-order valence-corrected chi connectivity index (χ2v) is 23.5. The van der Waals surface area contributed by atoms with E-state index in [0.717, 1.165) is 51.6 Å². The van der Waals surface area contributed by atoms with Crippen LogP contribution in [0, 0.1) is 46.3 Å². The Kier molecular flexibility index (Phi) is 15.7. The first-order valence-corrected chi connectivity index (χ1v) is 26.4. The molecule has 0 aromatic rings. The Balaban J connectivity index is 0.823. The summed E-state index contributed by atoms with van der Waals surface area (Å²) in [4.78, 5) is 0. The summed E-state index contributed by atoms with van der Waals surface area (Å²) in [5.74, 6) is 2.12. The molecule has 3 saturated carbocycles. The lowest BCUT2D eigenvalue weighted by atomic mass is 9.48. The van der Waals surface area contributed by atoms with Gasteiger partial charge in [0.25, 0.3) is 0 Å². The van der Waals surface area contributed by atoms with Gasteiger partial charge >= 0.3 is 0 Å². The third-order valence-corrected chi connectivity index (χ3v) is 19.4. The molecule has 10 aliphatic rings. The molecule has 1 spiro atoms. The normalized spacial score (nSPS) is 56.7. The van der Waals surface area contributed by atoms with Crippen molar-refractivity contribution in [3.63, 3.8) is 0 Å². The molecular weight excluding hydrogens is 953 g/mol. The molecule has 0 bridgehead atoms. The van der Waals surface area contributed by atoms with E-state index in [-0.39, 0.29) is 29.0 Å². The number of hydrogen-bond acceptors (Lipinski definition) is 22. The van der Waals surface area contributed by atoms with Gasteiger partial charge in [0.2, 0.25) is 0 Å². The number of hydrogen-bond donors (Lipinski definition) is 12. The average Bonchev–Trinajstić information content (AvgIpc) is 3.82. The minimum Gasteiger partial charge on any atom is -0.394 e. The largest absolute Gasteiger partial charge is 0.394 e. The lowest BCUT2D eigenvalue weighted by Crippen LogP contribution is -2.68. The van der Waals surface area contributed by atoms with Gasteiger partial charge in [-0.15, -0.1) is 0 Å². The van der Waals surface area contributed by atoms with E-state index in [0.29, 0.717) is 42.4 Å². The standard InChI is InChI=1S/C50H80O22/c1-20-7-12-50(64-18-20)21(2)32-28(72-50)14-26-24-6-5-22-13-23(8-10-48(22,3)25(24)9-11-49(26,32)4)65-45-40(62)37(59)41(31(17-53)68-45)69-47-43(71-46-39(61)36(58)34(56)29(15-51)66-46)42(35(57)30(16-52)67-47)70-44-38(60)33(55)27(54)19-63-44/h9,20-24,26-47,51-62H,5-8,10-19H2,1-4H3/t20-,21-,22-,23-,24+,26-,27+,28-,29+,30+,31+,32-,33-,34+,35+,36-,37+,38+,39+,40+,41-,42-,43+,44-,45+,46-,47-,48-,49-,50+/m0/s1. The van der Waals surface area contributed by atoms with Crippen molar-refractivity contribution in [2.75, 3.05) is 33.0 Å². The van der Waals surface area contributed by atoms with Crippen LogP contribution in [0.4, 0.5) is 0 Å². The quantitative estimate of drug-likeness (QED) is 0.0762. The van der Waals surface area contributed by atoms with Gasteiger partial charge in [0.1, 0.15) is 91.6 Å².